The van der Waals surface area contributed by atoms with Gasteiger partial charge in [0.05, 0.1) is 12.3 Å². The third kappa shape index (κ3) is 5.44. The molecule has 1 heterocycles. The number of fused-ring (bicyclic) bond motifs is 1. The largest absolute Gasteiger partial charge is 0.293 e. The van der Waals surface area contributed by atoms with Crippen LogP contribution in [-0.4, -0.2) is 5.91 Å². The molecule has 0 saturated heterocycles. The zero-order valence-electron chi connectivity index (χ0n) is 22.0. The third-order valence-corrected chi connectivity index (χ3v) is 7.07. The number of hydrogen-bond acceptors (Lipinski definition) is 1. The van der Waals surface area contributed by atoms with Gasteiger partial charge in [-0.3, -0.25) is 9.69 Å². The Morgan fingerprint density at radius 3 is 1.68 bits per heavy atom. The lowest BCUT2D eigenvalue weighted by Gasteiger charge is -2.25. The molecular weight excluding hydrogens is 486 g/mol. The molecule has 6 rings (SSSR count). The molecule has 5 aromatic rings. The van der Waals surface area contributed by atoms with Gasteiger partial charge in [0.25, 0.3) is 0 Å². The van der Waals surface area contributed by atoms with Crippen LogP contribution >= 0.6 is 0 Å². The van der Waals surface area contributed by atoms with E-state index >= 15 is 0 Å². The Bertz CT molecular complexity index is 1740. The first-order valence-electron chi connectivity index (χ1n) is 13.4. The van der Waals surface area contributed by atoms with Crippen LogP contribution in [-0.2, 0) is 11.2 Å². The first-order chi connectivity index (χ1) is 19.8. The van der Waals surface area contributed by atoms with Crippen molar-refractivity contribution in [3.63, 3.8) is 0 Å². The highest BCUT2D eigenvalue weighted by molar-refractivity contribution is 6.02. The summed E-state index contributed by atoms with van der Waals surface area (Å²) in [6.07, 6.45) is 0.340. The molecule has 0 spiro atoms. The smallest absolute Gasteiger partial charge is 0.232 e. The van der Waals surface area contributed by atoms with Crippen LogP contribution in [0.1, 0.15) is 45.3 Å². The summed E-state index contributed by atoms with van der Waals surface area (Å²) in [5.74, 6) is 13.5. The fourth-order valence-corrected chi connectivity index (χ4v) is 5.11. The van der Waals surface area contributed by atoms with Gasteiger partial charge >= 0.3 is 0 Å². The van der Waals surface area contributed by atoms with Gasteiger partial charge in [0.15, 0.2) is 0 Å². The summed E-state index contributed by atoms with van der Waals surface area (Å²) in [5, 5.41) is 0. The minimum Gasteiger partial charge on any atom is -0.293 e. The Kier molecular flexibility index (Phi) is 7.25. The molecule has 40 heavy (non-hydrogen) atoms. The van der Waals surface area contributed by atoms with E-state index < -0.39 is 0 Å². The van der Waals surface area contributed by atoms with E-state index in [0.29, 0.717) is 6.42 Å². The number of carbonyl (C=O) groups is 1. The van der Waals surface area contributed by atoms with Gasteiger partial charge in [-0.2, -0.15) is 0 Å². The van der Waals surface area contributed by atoms with Crippen molar-refractivity contribution in [1.29, 1.82) is 0 Å². The Labute approximate surface area is 235 Å². The monoisotopic (exact) mass is 513 g/mol. The number of rotatable bonds is 4. The first kappa shape index (κ1) is 25.0. The summed E-state index contributed by atoms with van der Waals surface area (Å²) in [6, 6.07) is 46.2. The van der Waals surface area contributed by atoms with E-state index in [1.54, 1.807) is 0 Å². The zero-order chi connectivity index (χ0) is 27.1. The van der Waals surface area contributed by atoms with E-state index in [-0.39, 0.29) is 17.9 Å². The minimum absolute atomic E-state index is 0.0509. The van der Waals surface area contributed by atoms with E-state index in [9.17, 15) is 4.79 Å². The summed E-state index contributed by atoms with van der Waals surface area (Å²) in [7, 11) is 0. The van der Waals surface area contributed by atoms with Crippen LogP contribution in [0.15, 0.2) is 140 Å². The van der Waals surface area contributed by atoms with Crippen molar-refractivity contribution in [2.75, 3.05) is 4.90 Å². The molecule has 2 atom stereocenters. The van der Waals surface area contributed by atoms with Crippen molar-refractivity contribution in [3.05, 3.63) is 173 Å². The predicted molar refractivity (Wildman–Crippen MR) is 162 cm³/mol. The summed E-state index contributed by atoms with van der Waals surface area (Å²) in [4.78, 5) is 15.4. The van der Waals surface area contributed by atoms with Crippen LogP contribution in [0, 0.1) is 23.7 Å². The van der Waals surface area contributed by atoms with Crippen LogP contribution < -0.4 is 4.90 Å². The number of carbonyl (C=O) groups excluding carboxylic acids is 1. The second kappa shape index (κ2) is 11.6. The van der Waals surface area contributed by atoms with Crippen molar-refractivity contribution in [2.45, 2.75) is 18.4 Å². The van der Waals surface area contributed by atoms with Gasteiger partial charge in [0.2, 0.25) is 5.91 Å². The quantitative estimate of drug-likeness (QED) is 0.227. The van der Waals surface area contributed by atoms with E-state index in [1.807, 2.05) is 114 Å². The molecule has 190 valence electrons. The maximum absolute atomic E-state index is 13.5. The predicted octanol–water partition coefficient (Wildman–Crippen LogP) is 7.55. The normalized spacial score (nSPS) is 13.3. The second-order valence-electron chi connectivity index (χ2n) is 9.76. The van der Waals surface area contributed by atoms with E-state index in [2.05, 4.69) is 54.0 Å². The average molecular weight is 514 g/mol. The molecule has 0 radical (unpaired) electrons. The van der Waals surface area contributed by atoms with Gasteiger partial charge in [-0.05, 0) is 52.6 Å². The molecule has 0 aromatic heterocycles. The molecule has 0 saturated carbocycles. The zero-order valence-corrected chi connectivity index (χ0v) is 22.0. The molecule has 2 nitrogen and oxygen atoms in total. The third-order valence-electron chi connectivity index (χ3n) is 7.07. The van der Waals surface area contributed by atoms with Crippen molar-refractivity contribution < 1.29 is 4.79 Å². The number of hydrogen-bond donors (Lipinski definition) is 0. The summed E-state index contributed by atoms with van der Waals surface area (Å²) in [5.41, 5.74) is 7.02. The number of amides is 1. The molecule has 2 heteroatoms. The summed E-state index contributed by atoms with van der Waals surface area (Å²) >= 11 is 0. The molecule has 0 bridgehead atoms. The van der Waals surface area contributed by atoms with Crippen LogP contribution in [0.25, 0.3) is 0 Å². The topological polar surface area (TPSA) is 20.3 Å². The fraction of sp³-hybridized carbons (Fsp3) is 0.0789. The lowest BCUT2D eigenvalue weighted by Crippen LogP contribution is -2.30. The summed E-state index contributed by atoms with van der Waals surface area (Å²) in [6.45, 7) is 0. The van der Waals surface area contributed by atoms with Crippen molar-refractivity contribution in [3.8, 4) is 23.7 Å². The van der Waals surface area contributed by atoms with E-state index in [0.717, 1.165) is 39.1 Å². The molecule has 5 aromatic carbocycles. The van der Waals surface area contributed by atoms with Gasteiger partial charge in [-0.25, -0.2) is 0 Å². The van der Waals surface area contributed by atoms with Gasteiger partial charge in [0.1, 0.15) is 6.04 Å². The SMILES string of the molecule is O=C1Cc2cc(C(C#Cc3ccccc3)c3ccccc3)ccc2N1C(C#Cc1ccccc1)c1ccccc1. The maximum atomic E-state index is 13.5. The van der Waals surface area contributed by atoms with Gasteiger partial charge < -0.3 is 0 Å². The van der Waals surface area contributed by atoms with Crippen LogP contribution in [0.4, 0.5) is 5.69 Å². The van der Waals surface area contributed by atoms with E-state index in [1.165, 1.54) is 0 Å². The van der Waals surface area contributed by atoms with Crippen LogP contribution in [0.3, 0.4) is 0 Å². The van der Waals surface area contributed by atoms with Crippen molar-refractivity contribution in [2.24, 2.45) is 0 Å². The fourth-order valence-electron chi connectivity index (χ4n) is 5.11. The highest BCUT2D eigenvalue weighted by atomic mass is 16.2. The molecule has 0 N–H and O–H groups in total. The van der Waals surface area contributed by atoms with Gasteiger partial charge in [-0.1, -0.05) is 133 Å². The Balaban J connectivity index is 1.39. The van der Waals surface area contributed by atoms with Crippen LogP contribution in [0.5, 0.6) is 0 Å². The van der Waals surface area contributed by atoms with Crippen molar-refractivity contribution >= 4 is 11.6 Å². The molecule has 0 fully saturated rings. The lowest BCUT2D eigenvalue weighted by molar-refractivity contribution is -0.117. The number of benzene rings is 5. The Hall–Kier alpha value is -5.31. The molecule has 1 aliphatic heterocycles. The lowest BCUT2D eigenvalue weighted by atomic mass is 9.90. The maximum Gasteiger partial charge on any atom is 0.232 e. The minimum atomic E-state index is -0.385. The standard InChI is InChI=1S/C38H27NO/c40-38-28-34-27-33(35(31-17-9-3-10-18-31)24-21-29-13-5-1-6-14-29)23-26-37(34)39(38)36(32-19-11-4-12-20-32)25-22-30-15-7-2-8-16-30/h1-20,23,26-27,35-36H,28H2. The number of anilines is 1. The van der Waals surface area contributed by atoms with Gasteiger partial charge in [-0.15, -0.1) is 0 Å². The van der Waals surface area contributed by atoms with Crippen LogP contribution in [0.2, 0.25) is 0 Å². The van der Waals surface area contributed by atoms with Crippen molar-refractivity contribution in [1.82, 2.24) is 0 Å². The van der Waals surface area contributed by atoms with E-state index in [4.69, 9.17) is 0 Å². The molecule has 1 amide bonds. The Morgan fingerprint density at radius 2 is 1.07 bits per heavy atom. The Morgan fingerprint density at radius 1 is 0.550 bits per heavy atom. The first-order valence-corrected chi connectivity index (χ1v) is 13.4. The molecule has 0 aliphatic carbocycles. The number of nitrogens with zero attached hydrogens (tertiary/aromatic N) is 1. The molecule has 2 unspecified atom stereocenters. The highest BCUT2D eigenvalue weighted by Crippen LogP contribution is 2.38. The average Bonchev–Trinajstić information content (AvgIpc) is 3.34. The summed E-state index contributed by atoms with van der Waals surface area (Å²) < 4.78 is 0. The highest BCUT2D eigenvalue weighted by Gasteiger charge is 2.33. The van der Waals surface area contributed by atoms with Gasteiger partial charge in [0, 0.05) is 16.8 Å². The second-order valence-corrected chi connectivity index (χ2v) is 9.76. The molecule has 1 aliphatic rings. The molecular formula is C38H27NO.